The summed E-state index contributed by atoms with van der Waals surface area (Å²) in [6.07, 6.45) is 0. The van der Waals surface area contributed by atoms with E-state index in [2.05, 4.69) is 41.5 Å². The monoisotopic (exact) mass is 160 g/mol. The van der Waals surface area contributed by atoms with E-state index in [-0.39, 0.29) is 8.41 Å². The number of hydrogen-bond acceptors (Lipinski definition) is 0. The topological polar surface area (TPSA) is 0 Å². The molecule has 0 aliphatic rings. The Morgan fingerprint density at radius 1 is 0.700 bits per heavy atom. The molecule has 0 N–H and O–H groups in total. The van der Waals surface area contributed by atoms with Crippen LogP contribution in [0.4, 0.5) is 0 Å². The van der Waals surface area contributed by atoms with Gasteiger partial charge < -0.3 is 0 Å². The van der Waals surface area contributed by atoms with Crippen molar-refractivity contribution in [3.8, 4) is 0 Å². The van der Waals surface area contributed by atoms with Gasteiger partial charge in [-0.1, -0.05) is 41.5 Å². The van der Waals surface area contributed by atoms with E-state index in [1.165, 1.54) is 0 Å². The maximum Gasteiger partial charge on any atom is 0.0814 e. The van der Waals surface area contributed by atoms with Crippen LogP contribution in [-0.4, -0.2) is 18.7 Å². The molecule has 0 aromatic carbocycles. The predicted molar refractivity (Wildman–Crippen MR) is 57.8 cm³/mol. The summed E-state index contributed by atoms with van der Waals surface area (Å²) in [7, 11) is 1.05. The van der Waals surface area contributed by atoms with Gasteiger partial charge in [-0.2, -0.15) is 0 Å². The molecule has 0 aliphatic carbocycles. The van der Waals surface area contributed by atoms with Gasteiger partial charge in [0, 0.05) is 0 Å². The Kier molecular flexibility index (Phi) is 4.93. The zero-order valence-electron chi connectivity index (χ0n) is 7.50. The highest BCUT2D eigenvalue weighted by Gasteiger charge is 2.19. The Morgan fingerprint density at radius 2 is 0.900 bits per heavy atom. The van der Waals surface area contributed by atoms with Crippen LogP contribution >= 0.6 is 8.58 Å². The summed E-state index contributed by atoms with van der Waals surface area (Å²) in [4.78, 5) is 0. The molecule has 2 heteroatoms. The van der Waals surface area contributed by atoms with Crippen LogP contribution in [0.15, 0.2) is 0 Å². The third-order valence-corrected chi connectivity index (χ3v) is 2.25. The van der Waals surface area contributed by atoms with Gasteiger partial charge in [0.25, 0.3) is 0 Å². The molecule has 10 heavy (non-hydrogen) atoms. The predicted octanol–water partition coefficient (Wildman–Crippen LogP) is 2.08. The minimum atomic E-state index is 0. The summed E-state index contributed by atoms with van der Waals surface area (Å²) in [5, 5.41) is 1.02. The van der Waals surface area contributed by atoms with Crippen molar-refractivity contribution in [3.63, 3.8) is 0 Å². The first kappa shape index (κ1) is 13.1. The molecule has 62 valence electrons. The van der Waals surface area contributed by atoms with Crippen molar-refractivity contribution in [1.82, 2.24) is 0 Å². The van der Waals surface area contributed by atoms with E-state index in [9.17, 15) is 0 Å². The van der Waals surface area contributed by atoms with Crippen LogP contribution in [0.2, 0.25) is 0 Å². The normalized spacial score (nSPS) is 12.6. The Hall–Kier alpha value is 0.495. The van der Waals surface area contributed by atoms with E-state index in [1.807, 2.05) is 0 Å². The molecule has 0 heterocycles. The molecule has 0 atom stereocenters. The van der Waals surface area contributed by atoms with E-state index in [4.69, 9.17) is 0 Å². The first-order valence-corrected chi connectivity index (χ1v) is 4.50. The first-order chi connectivity index (χ1) is 3.71. The fourth-order valence-corrected chi connectivity index (χ4v) is 3.38. The summed E-state index contributed by atoms with van der Waals surface area (Å²) in [5.74, 6) is 0. The maximum atomic E-state index is 2.30. The average Bonchev–Trinajstić information content (AvgIpc) is 1.14. The van der Waals surface area contributed by atoms with Gasteiger partial charge in [-0.05, 0) is 10.3 Å². The van der Waals surface area contributed by atoms with Crippen molar-refractivity contribution >= 4 is 17.0 Å². The van der Waals surface area contributed by atoms with Crippen LogP contribution in [0.3, 0.4) is 0 Å². The zero-order valence-corrected chi connectivity index (χ0v) is 8.50. The Morgan fingerprint density at radius 3 is 0.900 bits per heavy atom. The summed E-state index contributed by atoms with van der Waals surface area (Å²) in [6.45, 7) is 13.8. The van der Waals surface area contributed by atoms with Crippen LogP contribution in [0, 0.1) is 0 Å². The lowest BCUT2D eigenvalue weighted by atomic mass is 10.2. The second-order valence-corrected chi connectivity index (χ2v) is 7.88. The molecule has 0 aromatic rings. The lowest BCUT2D eigenvalue weighted by Crippen LogP contribution is -2.16. The average molecular weight is 160 g/mol. The fourth-order valence-electron chi connectivity index (χ4n) is 1.12. The standard InChI is InChI=1S/C8H19P.BH3/c1-7(2,3)9-8(4,5)6;/h9H,1-6H3;1H3. The van der Waals surface area contributed by atoms with Crippen LogP contribution in [0.1, 0.15) is 41.5 Å². The molecule has 0 bridgehead atoms. The van der Waals surface area contributed by atoms with E-state index in [0.717, 1.165) is 8.58 Å². The number of hydrogen-bond donors (Lipinski definition) is 0. The van der Waals surface area contributed by atoms with Crippen molar-refractivity contribution in [2.75, 3.05) is 0 Å². The highest BCUT2D eigenvalue weighted by molar-refractivity contribution is 7.41. The molecule has 0 amide bonds. The van der Waals surface area contributed by atoms with Crippen molar-refractivity contribution in [2.45, 2.75) is 51.9 Å². The largest absolute Gasteiger partial charge is 0.111 e. The third-order valence-electron chi connectivity index (χ3n) is 0.750. The van der Waals surface area contributed by atoms with Crippen LogP contribution in [0.25, 0.3) is 0 Å². The molecule has 0 aromatic heterocycles. The summed E-state index contributed by atoms with van der Waals surface area (Å²) < 4.78 is 0. The van der Waals surface area contributed by atoms with E-state index in [1.54, 1.807) is 0 Å². The second kappa shape index (κ2) is 3.76. The Labute approximate surface area is 69.5 Å². The second-order valence-electron chi connectivity index (χ2n) is 4.62. The smallest absolute Gasteiger partial charge is 0.0814 e. The van der Waals surface area contributed by atoms with Crippen LogP contribution in [0.5, 0.6) is 0 Å². The lowest BCUT2D eigenvalue weighted by Gasteiger charge is -2.28. The summed E-state index contributed by atoms with van der Waals surface area (Å²) in [6, 6.07) is 0. The molecule has 0 radical (unpaired) electrons. The van der Waals surface area contributed by atoms with Gasteiger partial charge in [0.2, 0.25) is 0 Å². The molecular weight excluding hydrogens is 138 g/mol. The van der Waals surface area contributed by atoms with Gasteiger partial charge in [-0.25, -0.2) is 0 Å². The minimum Gasteiger partial charge on any atom is -0.111 e. The van der Waals surface area contributed by atoms with Gasteiger partial charge in [-0.15, -0.1) is 8.58 Å². The van der Waals surface area contributed by atoms with Crippen molar-refractivity contribution in [2.24, 2.45) is 0 Å². The minimum absolute atomic E-state index is 0. The fraction of sp³-hybridized carbons (Fsp3) is 1.00. The van der Waals surface area contributed by atoms with Crippen LogP contribution in [-0.2, 0) is 0 Å². The molecule has 0 aliphatic heterocycles. The van der Waals surface area contributed by atoms with Crippen molar-refractivity contribution < 1.29 is 0 Å². The molecular formula is C8H22BP. The quantitative estimate of drug-likeness (QED) is 0.376. The number of rotatable bonds is 0. The van der Waals surface area contributed by atoms with E-state index in [0.29, 0.717) is 10.3 Å². The molecule has 0 nitrogen and oxygen atoms in total. The van der Waals surface area contributed by atoms with Crippen molar-refractivity contribution in [3.05, 3.63) is 0 Å². The lowest BCUT2D eigenvalue weighted by molar-refractivity contribution is 0.725. The van der Waals surface area contributed by atoms with E-state index < -0.39 is 0 Å². The zero-order chi connectivity index (χ0) is 7.71. The van der Waals surface area contributed by atoms with Crippen molar-refractivity contribution in [1.29, 1.82) is 0 Å². The SMILES string of the molecule is B.CC(C)(C)PC(C)(C)C. The molecule has 0 fully saturated rings. The van der Waals surface area contributed by atoms with Gasteiger partial charge in [0.1, 0.15) is 0 Å². The van der Waals surface area contributed by atoms with Gasteiger partial charge in [0.05, 0.1) is 8.41 Å². The van der Waals surface area contributed by atoms with Gasteiger partial charge >= 0.3 is 0 Å². The third kappa shape index (κ3) is 11.3. The Bertz CT molecular complexity index is 74.4. The maximum absolute atomic E-state index is 2.30. The first-order valence-electron chi connectivity index (χ1n) is 3.50. The molecule has 0 saturated carbocycles. The molecule has 0 saturated heterocycles. The van der Waals surface area contributed by atoms with Crippen LogP contribution < -0.4 is 0 Å². The molecule has 0 rings (SSSR count). The Balaban J connectivity index is 0. The highest BCUT2D eigenvalue weighted by Crippen LogP contribution is 2.41. The summed E-state index contributed by atoms with van der Waals surface area (Å²) >= 11 is 0. The summed E-state index contributed by atoms with van der Waals surface area (Å²) in [5.41, 5.74) is 0. The molecule has 0 unspecified atom stereocenters. The molecule has 0 spiro atoms. The van der Waals surface area contributed by atoms with Gasteiger partial charge in [0.15, 0.2) is 0 Å². The van der Waals surface area contributed by atoms with Gasteiger partial charge in [-0.3, -0.25) is 0 Å². The highest BCUT2D eigenvalue weighted by atomic mass is 31.1. The van der Waals surface area contributed by atoms with E-state index >= 15 is 0 Å².